The highest BCUT2D eigenvalue weighted by Gasteiger charge is 2.34. The van der Waals surface area contributed by atoms with Gasteiger partial charge >= 0.3 is 5.97 Å². The Morgan fingerprint density at radius 1 is 1.44 bits per heavy atom. The molecule has 0 radical (unpaired) electrons. The van der Waals surface area contributed by atoms with Gasteiger partial charge in [-0.2, -0.15) is 0 Å². The molecule has 130 valence electrons. The van der Waals surface area contributed by atoms with E-state index in [1.165, 1.54) is 12.0 Å². The van der Waals surface area contributed by atoms with E-state index in [0.717, 1.165) is 15.4 Å². The number of hydrogen-bond acceptors (Lipinski definition) is 6. The summed E-state index contributed by atoms with van der Waals surface area (Å²) in [5, 5.41) is 13.0. The quantitative estimate of drug-likeness (QED) is 0.735. The molecule has 1 aliphatic rings. The van der Waals surface area contributed by atoms with Gasteiger partial charge in [0.2, 0.25) is 0 Å². The van der Waals surface area contributed by atoms with Crippen LogP contribution in [-0.4, -0.2) is 53.7 Å². The van der Waals surface area contributed by atoms with Crippen LogP contribution in [0, 0.1) is 0 Å². The molecule has 1 aromatic heterocycles. The summed E-state index contributed by atoms with van der Waals surface area (Å²) in [7, 11) is 1.27. The van der Waals surface area contributed by atoms with Crippen molar-refractivity contribution < 1.29 is 19.4 Å². The molecular weight excluding hydrogens is 390 g/mol. The summed E-state index contributed by atoms with van der Waals surface area (Å²) in [6, 6.07) is 7.33. The monoisotopic (exact) mass is 405 g/mol. The third-order valence-electron chi connectivity index (χ3n) is 3.93. The van der Waals surface area contributed by atoms with E-state index < -0.39 is 5.97 Å². The molecule has 2 heterocycles. The van der Waals surface area contributed by atoms with Crippen LogP contribution in [0.15, 0.2) is 46.2 Å². The van der Waals surface area contributed by atoms with Crippen molar-refractivity contribution in [1.82, 2.24) is 9.88 Å². The second kappa shape index (κ2) is 7.20. The molecule has 0 atom stereocenters. The number of ether oxygens (including phenoxy) is 1. The number of esters is 1. The zero-order valence-corrected chi connectivity index (χ0v) is 15.0. The number of amides is 1. The maximum Gasteiger partial charge on any atom is 0.337 e. The average Bonchev–Trinajstić information content (AvgIpc) is 2.93. The van der Waals surface area contributed by atoms with Crippen LogP contribution >= 0.6 is 15.9 Å². The van der Waals surface area contributed by atoms with Crippen LogP contribution in [0.2, 0.25) is 0 Å². The van der Waals surface area contributed by atoms with Gasteiger partial charge in [-0.3, -0.25) is 9.78 Å². The number of aromatic nitrogens is 1. The van der Waals surface area contributed by atoms with Gasteiger partial charge in [0, 0.05) is 18.1 Å². The molecule has 0 unspecified atom stereocenters. The number of anilines is 1. The van der Waals surface area contributed by atoms with Crippen LogP contribution in [0.25, 0.3) is 10.9 Å². The van der Waals surface area contributed by atoms with E-state index in [1.54, 1.807) is 12.3 Å². The maximum atomic E-state index is 12.6. The van der Waals surface area contributed by atoms with E-state index in [1.807, 2.05) is 18.2 Å². The molecule has 1 aliphatic heterocycles. The van der Waals surface area contributed by atoms with Crippen molar-refractivity contribution in [3.8, 4) is 0 Å². The first kappa shape index (κ1) is 17.4. The van der Waals surface area contributed by atoms with Gasteiger partial charge in [-0.25, -0.2) is 4.79 Å². The van der Waals surface area contributed by atoms with E-state index in [4.69, 9.17) is 9.84 Å². The first-order valence-electron chi connectivity index (χ1n) is 7.58. The first-order valence-corrected chi connectivity index (χ1v) is 8.38. The topological polar surface area (TPSA) is 91.8 Å². The number of methoxy groups -OCH3 is 1. The number of halogens is 1. The Balaban J connectivity index is 2.00. The molecule has 0 saturated carbocycles. The Morgan fingerprint density at radius 3 is 2.96 bits per heavy atom. The first-order chi connectivity index (χ1) is 12.1. The van der Waals surface area contributed by atoms with Gasteiger partial charge in [0.15, 0.2) is 0 Å². The molecule has 2 N–H and O–H groups in total. The molecule has 25 heavy (non-hydrogen) atoms. The number of rotatable bonds is 5. The van der Waals surface area contributed by atoms with Crippen LogP contribution in [0.1, 0.15) is 0 Å². The van der Waals surface area contributed by atoms with Gasteiger partial charge in [0.1, 0.15) is 5.70 Å². The van der Waals surface area contributed by atoms with Crippen LogP contribution in [0.4, 0.5) is 5.69 Å². The number of aliphatic hydroxyl groups is 1. The minimum atomic E-state index is -0.574. The molecule has 3 rings (SSSR count). The molecule has 7 nitrogen and oxygen atoms in total. The molecule has 0 aliphatic carbocycles. The standard InChI is InChI=1S/C17H16BrN3O4/c1-25-17(24)11-9-21(7-8-22)16(23)15(11)20-13-5-4-12-10(14(13)18)3-2-6-19-12/h2-6,20,22H,7-9H2,1H3. The highest BCUT2D eigenvalue weighted by atomic mass is 79.9. The van der Waals surface area contributed by atoms with Crippen molar-refractivity contribution >= 4 is 44.4 Å². The van der Waals surface area contributed by atoms with E-state index in [2.05, 4.69) is 26.2 Å². The minimum absolute atomic E-state index is 0.0984. The van der Waals surface area contributed by atoms with Crippen molar-refractivity contribution in [2.45, 2.75) is 0 Å². The highest BCUT2D eigenvalue weighted by molar-refractivity contribution is 9.10. The fourth-order valence-corrected chi connectivity index (χ4v) is 3.26. The number of β-amino-alcohol motifs (C(OH)–C–C–N with tert-alkyl or cyclic N) is 1. The number of carbonyl (C=O) groups is 2. The molecule has 0 spiro atoms. The number of benzene rings is 1. The fourth-order valence-electron chi connectivity index (χ4n) is 2.70. The molecule has 8 heteroatoms. The van der Waals surface area contributed by atoms with Crippen molar-refractivity contribution in [3.63, 3.8) is 0 Å². The lowest BCUT2D eigenvalue weighted by Gasteiger charge is -2.15. The van der Waals surface area contributed by atoms with Gasteiger partial charge < -0.3 is 20.1 Å². The SMILES string of the molecule is COC(=O)C1=C(Nc2ccc3ncccc3c2Br)C(=O)N(CCO)C1. The fraction of sp³-hybridized carbons (Fsp3) is 0.235. The Bertz CT molecular complexity index is 881. The van der Waals surface area contributed by atoms with Crippen molar-refractivity contribution in [1.29, 1.82) is 0 Å². The molecule has 2 aromatic rings. The number of aliphatic hydroxyl groups excluding tert-OH is 1. The van der Waals surface area contributed by atoms with Crippen LogP contribution in [-0.2, 0) is 14.3 Å². The van der Waals surface area contributed by atoms with Crippen LogP contribution in [0.3, 0.4) is 0 Å². The lowest BCUT2D eigenvalue weighted by Crippen LogP contribution is -2.31. The second-order valence-corrected chi connectivity index (χ2v) is 6.21. The van der Waals surface area contributed by atoms with Crippen LogP contribution < -0.4 is 5.32 Å². The Kier molecular flexibility index (Phi) is 5.00. The third kappa shape index (κ3) is 3.22. The Hall–Kier alpha value is -2.45. The number of fused-ring (bicyclic) bond motifs is 1. The molecular formula is C17H16BrN3O4. The largest absolute Gasteiger partial charge is 0.466 e. The number of pyridine rings is 1. The predicted octanol–water partition coefficient (Wildman–Crippen LogP) is 1.67. The van der Waals surface area contributed by atoms with Crippen molar-refractivity contribution in [2.75, 3.05) is 32.1 Å². The highest BCUT2D eigenvalue weighted by Crippen LogP contribution is 2.33. The van der Waals surface area contributed by atoms with E-state index in [0.29, 0.717) is 5.69 Å². The number of nitrogens with zero attached hydrogens (tertiary/aromatic N) is 2. The third-order valence-corrected chi connectivity index (χ3v) is 4.79. The van der Waals surface area contributed by atoms with E-state index in [-0.39, 0.29) is 36.9 Å². The predicted molar refractivity (Wildman–Crippen MR) is 95.8 cm³/mol. The summed E-state index contributed by atoms with van der Waals surface area (Å²) in [4.78, 5) is 30.3. The van der Waals surface area contributed by atoms with Gasteiger partial charge in [-0.05, 0) is 34.1 Å². The lowest BCUT2D eigenvalue weighted by atomic mass is 10.2. The zero-order chi connectivity index (χ0) is 18.0. The van der Waals surface area contributed by atoms with Gasteiger partial charge in [0.05, 0.1) is 41.5 Å². The second-order valence-electron chi connectivity index (χ2n) is 5.42. The summed E-state index contributed by atoms with van der Waals surface area (Å²) in [6.07, 6.45) is 1.70. The number of nitrogens with one attached hydrogen (secondary N) is 1. The van der Waals surface area contributed by atoms with Crippen LogP contribution in [0.5, 0.6) is 0 Å². The normalized spacial score (nSPS) is 14.4. The average molecular weight is 406 g/mol. The minimum Gasteiger partial charge on any atom is -0.466 e. The van der Waals surface area contributed by atoms with Crippen molar-refractivity contribution in [2.24, 2.45) is 0 Å². The molecule has 0 fully saturated rings. The van der Waals surface area contributed by atoms with Crippen molar-refractivity contribution in [3.05, 3.63) is 46.2 Å². The summed E-state index contributed by atoms with van der Waals surface area (Å²) in [5.41, 5.74) is 1.83. The molecule has 0 saturated heterocycles. The lowest BCUT2D eigenvalue weighted by molar-refractivity contribution is -0.136. The Morgan fingerprint density at radius 2 is 2.24 bits per heavy atom. The number of hydrogen-bond donors (Lipinski definition) is 2. The molecule has 1 amide bonds. The summed E-state index contributed by atoms with van der Waals surface area (Å²) in [6.45, 7) is 0.0628. The summed E-state index contributed by atoms with van der Waals surface area (Å²) < 4.78 is 5.52. The maximum absolute atomic E-state index is 12.6. The van der Waals surface area contributed by atoms with Gasteiger partial charge in [-0.1, -0.05) is 6.07 Å². The number of carbonyl (C=O) groups excluding carboxylic acids is 2. The Labute approximate surface area is 152 Å². The van der Waals surface area contributed by atoms with E-state index in [9.17, 15) is 9.59 Å². The summed E-state index contributed by atoms with van der Waals surface area (Å²) >= 11 is 3.52. The molecule has 1 aromatic carbocycles. The summed E-state index contributed by atoms with van der Waals surface area (Å²) in [5.74, 6) is -0.928. The van der Waals surface area contributed by atoms with Gasteiger partial charge in [-0.15, -0.1) is 0 Å². The molecule has 0 bridgehead atoms. The van der Waals surface area contributed by atoms with E-state index >= 15 is 0 Å². The smallest absolute Gasteiger partial charge is 0.337 e. The van der Waals surface area contributed by atoms with Gasteiger partial charge in [0.25, 0.3) is 5.91 Å². The zero-order valence-electron chi connectivity index (χ0n) is 13.5.